The van der Waals surface area contributed by atoms with E-state index >= 15 is 0 Å². The van der Waals surface area contributed by atoms with Crippen LogP contribution in [0.5, 0.6) is 0 Å². The van der Waals surface area contributed by atoms with Gasteiger partial charge in [0.25, 0.3) is 5.91 Å². The van der Waals surface area contributed by atoms with E-state index in [9.17, 15) is 40.7 Å². The van der Waals surface area contributed by atoms with Gasteiger partial charge in [-0.3, -0.25) is 14.4 Å². The second kappa shape index (κ2) is 11.0. The first-order chi connectivity index (χ1) is 17.2. The quantitative estimate of drug-likeness (QED) is 0.451. The summed E-state index contributed by atoms with van der Waals surface area (Å²) >= 11 is 0. The third-order valence-electron chi connectivity index (χ3n) is 5.65. The summed E-state index contributed by atoms with van der Waals surface area (Å²) in [4.78, 5) is 42.0. The number of primary amides is 1. The number of carbonyl (C=O) groups excluding carboxylic acids is 3. The Morgan fingerprint density at radius 2 is 1.57 bits per heavy atom. The Bertz CT molecular complexity index is 1180. The van der Waals surface area contributed by atoms with Crippen molar-refractivity contribution in [2.24, 2.45) is 22.6 Å². The van der Waals surface area contributed by atoms with Gasteiger partial charge in [-0.15, -0.1) is 0 Å². The SMILES string of the molecule is NC(=O)[C@@H](CC(F)(F)F)[C@@H](CCC(F)(F)F)C(=O)N[C@H]1N=C(c2ccccc2)c2ccccc2NC1=O. The number of aliphatic imine (C=N–C) groups is 1. The molecule has 13 heteroatoms. The number of carbonyl (C=O) groups is 3. The van der Waals surface area contributed by atoms with Gasteiger partial charge < -0.3 is 16.4 Å². The van der Waals surface area contributed by atoms with Crippen LogP contribution in [0.1, 0.15) is 30.4 Å². The molecule has 0 bridgehead atoms. The highest BCUT2D eigenvalue weighted by atomic mass is 19.4. The molecule has 3 amide bonds. The molecule has 37 heavy (non-hydrogen) atoms. The molecule has 7 nitrogen and oxygen atoms in total. The summed E-state index contributed by atoms with van der Waals surface area (Å²) in [5.41, 5.74) is 6.63. The molecule has 0 aliphatic carbocycles. The molecule has 0 saturated carbocycles. The van der Waals surface area contributed by atoms with Gasteiger partial charge in [0, 0.05) is 17.5 Å². The first kappa shape index (κ1) is 27.7. The third-order valence-corrected chi connectivity index (χ3v) is 5.65. The lowest BCUT2D eigenvalue weighted by molar-refractivity contribution is -0.164. The van der Waals surface area contributed by atoms with Crippen LogP contribution in [-0.2, 0) is 14.4 Å². The van der Waals surface area contributed by atoms with E-state index in [1.54, 1.807) is 54.6 Å². The smallest absolute Gasteiger partial charge is 0.369 e. The summed E-state index contributed by atoms with van der Waals surface area (Å²) in [5, 5.41) is 4.66. The van der Waals surface area contributed by atoms with E-state index in [1.165, 1.54) is 0 Å². The maximum absolute atomic E-state index is 13.1. The zero-order chi connectivity index (χ0) is 27.4. The van der Waals surface area contributed by atoms with Gasteiger partial charge in [0.1, 0.15) is 0 Å². The molecule has 3 atom stereocenters. The molecule has 0 saturated heterocycles. The van der Waals surface area contributed by atoms with Crippen molar-refractivity contribution < 1.29 is 40.7 Å². The number of nitrogens with zero attached hydrogens (tertiary/aromatic N) is 1. The van der Waals surface area contributed by atoms with Crippen molar-refractivity contribution in [3.05, 3.63) is 65.7 Å². The van der Waals surface area contributed by atoms with E-state index in [4.69, 9.17) is 5.73 Å². The fourth-order valence-corrected chi connectivity index (χ4v) is 3.95. The number of hydrogen-bond donors (Lipinski definition) is 3. The Morgan fingerprint density at radius 3 is 2.16 bits per heavy atom. The van der Waals surface area contributed by atoms with Crippen LogP contribution < -0.4 is 16.4 Å². The van der Waals surface area contributed by atoms with Crippen LogP contribution in [0.15, 0.2) is 59.6 Å². The normalized spacial score (nSPS) is 17.5. The summed E-state index contributed by atoms with van der Waals surface area (Å²) in [5.74, 6) is -8.27. The minimum atomic E-state index is -4.99. The van der Waals surface area contributed by atoms with Crippen molar-refractivity contribution in [2.75, 3.05) is 5.32 Å². The lowest BCUT2D eigenvalue weighted by atomic mass is 9.84. The molecule has 3 rings (SSSR count). The van der Waals surface area contributed by atoms with Crippen LogP contribution in [0.25, 0.3) is 0 Å². The van der Waals surface area contributed by atoms with Gasteiger partial charge in [0.05, 0.1) is 29.7 Å². The topological polar surface area (TPSA) is 114 Å². The number of anilines is 1. The summed E-state index contributed by atoms with van der Waals surface area (Å²) in [6.45, 7) is 0. The molecule has 1 aliphatic rings. The van der Waals surface area contributed by atoms with Crippen LogP contribution in [0.4, 0.5) is 32.0 Å². The molecule has 1 heterocycles. The number of nitrogens with two attached hydrogens (primary N) is 1. The fourth-order valence-electron chi connectivity index (χ4n) is 3.95. The molecule has 0 fully saturated rings. The summed E-state index contributed by atoms with van der Waals surface area (Å²) in [6.07, 6.45) is -16.2. The summed E-state index contributed by atoms with van der Waals surface area (Å²) in [6, 6.07) is 15.0. The Labute approximate surface area is 207 Å². The van der Waals surface area contributed by atoms with Gasteiger partial charge in [-0.05, 0) is 12.5 Å². The second-order valence-corrected chi connectivity index (χ2v) is 8.38. The molecule has 2 aromatic rings. The number of alkyl halides is 6. The van der Waals surface area contributed by atoms with Gasteiger partial charge in [0.2, 0.25) is 18.0 Å². The van der Waals surface area contributed by atoms with E-state index < -0.39 is 67.3 Å². The predicted molar refractivity (Wildman–Crippen MR) is 121 cm³/mol. The molecular weight excluding hydrogens is 506 g/mol. The van der Waals surface area contributed by atoms with Gasteiger partial charge in [-0.25, -0.2) is 4.99 Å². The summed E-state index contributed by atoms with van der Waals surface area (Å²) < 4.78 is 77.9. The Morgan fingerprint density at radius 1 is 0.946 bits per heavy atom. The van der Waals surface area contributed by atoms with E-state index in [2.05, 4.69) is 15.6 Å². The molecule has 0 unspecified atom stereocenters. The second-order valence-electron chi connectivity index (χ2n) is 8.38. The number of benzodiazepines with no additional fused rings is 1. The maximum atomic E-state index is 13.1. The van der Waals surface area contributed by atoms with Crippen LogP contribution in [-0.4, -0.2) is 42.0 Å². The molecule has 4 N–H and O–H groups in total. The molecular formula is C24H22F6N4O3. The number of nitrogens with one attached hydrogen (secondary N) is 2. The largest absolute Gasteiger partial charge is 0.389 e. The standard InChI is InChI=1S/C24H22F6N4O3/c25-23(26,27)11-10-14(16(19(31)35)12-24(28,29)30)21(36)34-20-22(37)32-17-9-5-4-8-15(17)18(33-20)13-6-2-1-3-7-13/h1-9,14,16,20H,10-12H2,(H2,31,35)(H,32,37)(H,34,36)/t14-,16+,20-/m1/s1. The first-order valence-electron chi connectivity index (χ1n) is 11.0. The number of fused-ring (bicyclic) bond motifs is 1. The van der Waals surface area contributed by atoms with Crippen molar-refractivity contribution in [1.82, 2.24) is 5.32 Å². The number of hydrogen-bond acceptors (Lipinski definition) is 4. The predicted octanol–water partition coefficient (Wildman–Crippen LogP) is 3.93. The van der Waals surface area contributed by atoms with Crippen molar-refractivity contribution in [3.8, 4) is 0 Å². The van der Waals surface area contributed by atoms with Gasteiger partial charge in [-0.2, -0.15) is 26.3 Å². The van der Waals surface area contributed by atoms with Crippen molar-refractivity contribution in [2.45, 2.75) is 37.8 Å². The third kappa shape index (κ3) is 7.54. The lowest BCUT2D eigenvalue weighted by Crippen LogP contribution is -2.48. The van der Waals surface area contributed by atoms with E-state index in [0.717, 1.165) is 0 Å². The van der Waals surface area contributed by atoms with E-state index in [0.29, 0.717) is 16.8 Å². The van der Waals surface area contributed by atoms with Gasteiger partial charge in [-0.1, -0.05) is 48.5 Å². The highest BCUT2D eigenvalue weighted by molar-refractivity contribution is 6.19. The average molecular weight is 528 g/mol. The van der Waals surface area contributed by atoms with Crippen molar-refractivity contribution >= 4 is 29.1 Å². The van der Waals surface area contributed by atoms with Crippen molar-refractivity contribution in [3.63, 3.8) is 0 Å². The molecule has 198 valence electrons. The zero-order valence-corrected chi connectivity index (χ0v) is 19.1. The Kier molecular flexibility index (Phi) is 8.24. The number of benzene rings is 2. The maximum Gasteiger partial charge on any atom is 0.389 e. The minimum absolute atomic E-state index is 0.244. The number of rotatable bonds is 8. The molecule has 0 radical (unpaired) electrons. The zero-order valence-electron chi connectivity index (χ0n) is 19.1. The highest BCUT2D eigenvalue weighted by Crippen LogP contribution is 2.34. The monoisotopic (exact) mass is 528 g/mol. The van der Waals surface area contributed by atoms with Gasteiger partial charge >= 0.3 is 12.4 Å². The van der Waals surface area contributed by atoms with Crippen LogP contribution in [0, 0.1) is 11.8 Å². The van der Waals surface area contributed by atoms with E-state index in [1.807, 2.05) is 0 Å². The average Bonchev–Trinajstić information content (AvgIpc) is 2.93. The highest BCUT2D eigenvalue weighted by Gasteiger charge is 2.44. The summed E-state index contributed by atoms with van der Waals surface area (Å²) in [7, 11) is 0. The van der Waals surface area contributed by atoms with E-state index in [-0.39, 0.29) is 5.71 Å². The number of halogens is 6. The first-order valence-corrected chi connectivity index (χ1v) is 11.0. The Balaban J connectivity index is 1.99. The van der Waals surface area contributed by atoms with Crippen LogP contribution in [0.2, 0.25) is 0 Å². The Hall–Kier alpha value is -3.90. The number of para-hydroxylation sites is 1. The molecule has 2 aromatic carbocycles. The molecule has 0 aromatic heterocycles. The molecule has 1 aliphatic heterocycles. The lowest BCUT2D eigenvalue weighted by Gasteiger charge is -2.26. The molecule has 0 spiro atoms. The van der Waals surface area contributed by atoms with Crippen molar-refractivity contribution in [1.29, 1.82) is 0 Å². The fraction of sp³-hybridized carbons (Fsp3) is 0.333. The minimum Gasteiger partial charge on any atom is -0.369 e. The number of amides is 3. The van der Waals surface area contributed by atoms with Gasteiger partial charge in [0.15, 0.2) is 0 Å². The van der Waals surface area contributed by atoms with Crippen LogP contribution in [0.3, 0.4) is 0 Å². The van der Waals surface area contributed by atoms with Crippen LogP contribution >= 0.6 is 0 Å².